The lowest BCUT2D eigenvalue weighted by molar-refractivity contribution is -0.154. The average molecular weight is 448 g/mol. The van der Waals surface area contributed by atoms with Gasteiger partial charge in [0.15, 0.2) is 0 Å². The fraction of sp³-hybridized carbons (Fsp3) is 0.565. The third kappa shape index (κ3) is 11.9. The summed E-state index contributed by atoms with van der Waals surface area (Å²) in [5.41, 5.74) is 0.283. The van der Waals surface area contributed by atoms with Gasteiger partial charge in [-0.3, -0.25) is 9.59 Å². The van der Waals surface area contributed by atoms with E-state index in [-0.39, 0.29) is 38.5 Å². The number of amides is 1. The fourth-order valence-corrected chi connectivity index (χ4v) is 2.67. The van der Waals surface area contributed by atoms with Crippen molar-refractivity contribution in [3.8, 4) is 6.07 Å². The van der Waals surface area contributed by atoms with Crippen LogP contribution >= 0.6 is 0 Å². The third-order valence-electron chi connectivity index (χ3n) is 4.20. The first kappa shape index (κ1) is 26.9. The van der Waals surface area contributed by atoms with Crippen LogP contribution in [0.15, 0.2) is 30.3 Å². The van der Waals surface area contributed by atoms with Crippen LogP contribution in [0, 0.1) is 11.3 Å². The number of nitriles is 1. The van der Waals surface area contributed by atoms with Gasteiger partial charge >= 0.3 is 18.0 Å². The van der Waals surface area contributed by atoms with Crippen molar-refractivity contribution in [3.05, 3.63) is 35.9 Å². The Morgan fingerprint density at radius 1 is 1.12 bits per heavy atom. The summed E-state index contributed by atoms with van der Waals surface area (Å²) >= 11 is 0. The van der Waals surface area contributed by atoms with E-state index in [4.69, 9.17) is 9.47 Å². The van der Waals surface area contributed by atoms with E-state index >= 15 is 0 Å². The van der Waals surface area contributed by atoms with Crippen molar-refractivity contribution in [3.63, 3.8) is 0 Å². The Bertz CT molecular complexity index is 770. The molecule has 0 aromatic heterocycles. The van der Waals surface area contributed by atoms with Crippen LogP contribution in [0.5, 0.6) is 0 Å². The van der Waals surface area contributed by atoms with E-state index < -0.39 is 23.7 Å². The lowest BCUT2D eigenvalue weighted by Crippen LogP contribution is -2.44. The molecule has 9 heteroatoms. The van der Waals surface area contributed by atoms with E-state index in [1.807, 2.05) is 30.3 Å². The second-order valence-electron chi connectivity index (χ2n) is 8.14. The normalized spacial score (nSPS) is 11.7. The summed E-state index contributed by atoms with van der Waals surface area (Å²) < 4.78 is 15.2. The van der Waals surface area contributed by atoms with Gasteiger partial charge in [-0.05, 0) is 39.3 Å². The molecule has 1 N–H and O–H groups in total. The van der Waals surface area contributed by atoms with Crippen LogP contribution in [-0.2, 0) is 30.4 Å². The Hall–Kier alpha value is -3.12. The second kappa shape index (κ2) is 14.0. The lowest BCUT2D eigenvalue weighted by atomic mass is 10.2. The summed E-state index contributed by atoms with van der Waals surface area (Å²) in [4.78, 5) is 37.2. The van der Waals surface area contributed by atoms with Crippen molar-refractivity contribution in [2.45, 2.75) is 58.3 Å². The maximum Gasteiger partial charge on any atom is 0.410 e. The molecule has 1 amide bonds. The van der Waals surface area contributed by atoms with Gasteiger partial charge in [0.25, 0.3) is 0 Å². The molecule has 32 heavy (non-hydrogen) atoms. The summed E-state index contributed by atoms with van der Waals surface area (Å²) in [6, 6.07) is 10.6. The number of hydrogen-bond acceptors (Lipinski definition) is 8. The number of hydrogen-bond donors (Lipinski definition) is 1. The highest BCUT2D eigenvalue weighted by atomic mass is 16.6. The summed E-state index contributed by atoms with van der Waals surface area (Å²) in [6.45, 7) is 5.94. The average Bonchev–Trinajstić information content (AvgIpc) is 2.75. The molecule has 176 valence electrons. The molecule has 1 atom stereocenters. The Kier molecular flexibility index (Phi) is 11.8. The van der Waals surface area contributed by atoms with E-state index in [0.29, 0.717) is 13.0 Å². The largest absolute Gasteiger partial charge is 0.469 e. The van der Waals surface area contributed by atoms with E-state index in [1.165, 1.54) is 12.0 Å². The summed E-state index contributed by atoms with van der Waals surface area (Å²) in [7, 11) is 1.27. The Morgan fingerprint density at radius 3 is 2.41 bits per heavy atom. The number of nitrogens with zero attached hydrogens (tertiary/aromatic N) is 2. The molecule has 0 saturated heterocycles. The lowest BCUT2D eigenvalue weighted by Gasteiger charge is -2.24. The molecule has 0 saturated carbocycles. The molecule has 0 heterocycles. The van der Waals surface area contributed by atoms with Crippen molar-refractivity contribution < 1.29 is 28.6 Å². The number of ether oxygens (including phenoxy) is 3. The van der Waals surface area contributed by atoms with Crippen LogP contribution < -0.4 is 5.32 Å². The number of benzene rings is 1. The maximum absolute atomic E-state index is 12.6. The Balaban J connectivity index is 2.58. The Labute approximate surface area is 189 Å². The van der Waals surface area contributed by atoms with E-state index in [0.717, 1.165) is 5.56 Å². The predicted molar refractivity (Wildman–Crippen MR) is 117 cm³/mol. The van der Waals surface area contributed by atoms with E-state index in [2.05, 4.69) is 16.1 Å². The zero-order chi connectivity index (χ0) is 24.0. The van der Waals surface area contributed by atoms with Crippen LogP contribution in [-0.4, -0.2) is 61.3 Å². The molecule has 0 aliphatic rings. The summed E-state index contributed by atoms with van der Waals surface area (Å²) in [6.07, 6.45) is 0.0447. The van der Waals surface area contributed by atoms with Gasteiger partial charge in [0.2, 0.25) is 0 Å². The fourth-order valence-electron chi connectivity index (χ4n) is 2.67. The molecule has 0 spiro atoms. The van der Waals surface area contributed by atoms with E-state index in [1.54, 1.807) is 20.8 Å². The highest BCUT2D eigenvalue weighted by molar-refractivity contribution is 5.72. The van der Waals surface area contributed by atoms with Gasteiger partial charge in [-0.15, -0.1) is 0 Å². The van der Waals surface area contributed by atoms with Crippen molar-refractivity contribution in [1.29, 1.82) is 5.26 Å². The van der Waals surface area contributed by atoms with Gasteiger partial charge in [0, 0.05) is 13.0 Å². The molecule has 1 aromatic rings. The zero-order valence-electron chi connectivity index (χ0n) is 19.3. The monoisotopic (exact) mass is 447 g/mol. The van der Waals surface area contributed by atoms with Crippen molar-refractivity contribution in [1.82, 2.24) is 10.2 Å². The first-order valence-corrected chi connectivity index (χ1v) is 10.5. The number of carbonyl (C=O) groups excluding carboxylic acids is 3. The van der Waals surface area contributed by atoms with Gasteiger partial charge < -0.3 is 24.4 Å². The van der Waals surface area contributed by atoms with Gasteiger partial charge in [0.1, 0.15) is 18.2 Å². The number of nitrogens with one attached hydrogen (secondary N) is 1. The molecule has 0 radical (unpaired) electrons. The van der Waals surface area contributed by atoms with E-state index in [9.17, 15) is 19.6 Å². The second-order valence-corrected chi connectivity index (χ2v) is 8.14. The molecule has 1 rings (SSSR count). The highest BCUT2D eigenvalue weighted by Crippen LogP contribution is 2.09. The van der Waals surface area contributed by atoms with Crippen LogP contribution in [0.4, 0.5) is 4.79 Å². The molecule has 9 nitrogen and oxygen atoms in total. The van der Waals surface area contributed by atoms with Crippen LogP contribution in [0.2, 0.25) is 0 Å². The quantitative estimate of drug-likeness (QED) is 0.295. The number of carbonyl (C=O) groups is 3. The van der Waals surface area contributed by atoms with Crippen LogP contribution in [0.3, 0.4) is 0 Å². The molecule has 0 unspecified atom stereocenters. The first-order chi connectivity index (χ1) is 15.1. The third-order valence-corrected chi connectivity index (χ3v) is 4.20. The highest BCUT2D eigenvalue weighted by Gasteiger charge is 2.22. The van der Waals surface area contributed by atoms with Crippen LogP contribution in [0.1, 0.15) is 45.6 Å². The topological polar surface area (TPSA) is 118 Å². The van der Waals surface area contributed by atoms with Crippen molar-refractivity contribution >= 4 is 18.0 Å². The first-order valence-electron chi connectivity index (χ1n) is 10.5. The standard InChI is InChI=1S/C23H33N3O6/c1-23(2,3)32-21(28)11-8-13-25-19(15-24)16-26(14-12-20(27)30-4)22(29)31-17-18-9-6-5-7-10-18/h5-7,9-10,19,25H,8,11-14,16-17H2,1-4H3/t19-/m1/s1. The molecule has 0 bridgehead atoms. The van der Waals surface area contributed by atoms with Gasteiger partial charge in [0.05, 0.1) is 26.1 Å². The van der Waals surface area contributed by atoms with Crippen molar-refractivity contribution in [2.75, 3.05) is 26.7 Å². The van der Waals surface area contributed by atoms with Crippen molar-refractivity contribution in [2.24, 2.45) is 0 Å². The molecule has 0 fully saturated rings. The molecular weight excluding hydrogens is 414 g/mol. The molecule has 0 aliphatic heterocycles. The summed E-state index contributed by atoms with van der Waals surface area (Å²) in [5, 5.41) is 12.5. The van der Waals surface area contributed by atoms with Gasteiger partial charge in [-0.2, -0.15) is 5.26 Å². The minimum Gasteiger partial charge on any atom is -0.469 e. The maximum atomic E-state index is 12.6. The zero-order valence-corrected chi connectivity index (χ0v) is 19.3. The van der Waals surface area contributed by atoms with Gasteiger partial charge in [-0.25, -0.2) is 4.79 Å². The minimum absolute atomic E-state index is 0.0201. The molecular formula is C23H33N3O6. The minimum atomic E-state index is -0.699. The SMILES string of the molecule is COC(=O)CCN(C[C@@H](C#N)NCCCC(=O)OC(C)(C)C)C(=O)OCc1ccccc1. The molecule has 0 aliphatic carbocycles. The van der Waals surface area contributed by atoms with Gasteiger partial charge in [-0.1, -0.05) is 30.3 Å². The number of esters is 2. The number of rotatable bonds is 12. The smallest absolute Gasteiger partial charge is 0.410 e. The number of methoxy groups -OCH3 is 1. The van der Waals surface area contributed by atoms with Crippen LogP contribution in [0.25, 0.3) is 0 Å². The summed E-state index contributed by atoms with van der Waals surface area (Å²) in [5.74, 6) is -0.776. The predicted octanol–water partition coefficient (Wildman–Crippen LogP) is 2.79. The molecule has 1 aromatic carbocycles. The Morgan fingerprint density at radius 2 is 1.81 bits per heavy atom.